The van der Waals surface area contributed by atoms with Crippen LogP contribution in [0.4, 0.5) is 5.69 Å². The minimum absolute atomic E-state index is 0.671. The van der Waals surface area contributed by atoms with Crippen molar-refractivity contribution in [1.29, 1.82) is 0 Å². The summed E-state index contributed by atoms with van der Waals surface area (Å²) >= 11 is 1.84. The molecule has 1 aromatic rings. The molecule has 0 aliphatic carbocycles. The van der Waals surface area contributed by atoms with Gasteiger partial charge in [0.25, 0.3) is 0 Å². The summed E-state index contributed by atoms with van der Waals surface area (Å²) in [6.45, 7) is 5.70. The second-order valence-corrected chi connectivity index (χ2v) is 5.41. The average Bonchev–Trinajstić information content (AvgIpc) is 2.85. The van der Waals surface area contributed by atoms with Crippen LogP contribution in [0.2, 0.25) is 0 Å². The van der Waals surface area contributed by atoms with Crippen molar-refractivity contribution in [2.45, 2.75) is 30.7 Å². The van der Waals surface area contributed by atoms with Crippen LogP contribution in [-0.4, -0.2) is 31.9 Å². The first-order valence-corrected chi connectivity index (χ1v) is 7.69. The van der Waals surface area contributed by atoms with E-state index in [4.69, 9.17) is 0 Å². The zero-order chi connectivity index (χ0) is 12.1. The molecule has 1 atom stereocenters. The second kappa shape index (κ2) is 6.31. The van der Waals surface area contributed by atoms with E-state index in [-0.39, 0.29) is 0 Å². The third-order valence-electron chi connectivity index (χ3n) is 3.30. The molecule has 1 N–H and O–H groups in total. The van der Waals surface area contributed by atoms with E-state index in [0.29, 0.717) is 6.04 Å². The Labute approximate surface area is 109 Å². The maximum atomic E-state index is 3.62. The highest BCUT2D eigenvalue weighted by Gasteiger charge is 2.23. The number of thioether (sulfide) groups is 1. The number of hydrogen-bond acceptors (Lipinski definition) is 3. The minimum atomic E-state index is 0.671. The number of nitrogens with zero attached hydrogens (tertiary/aromatic N) is 1. The normalized spacial score (nSPS) is 19.9. The minimum Gasteiger partial charge on any atom is -0.369 e. The third kappa shape index (κ3) is 3.17. The molecule has 17 heavy (non-hydrogen) atoms. The predicted molar refractivity (Wildman–Crippen MR) is 77.1 cm³/mol. The van der Waals surface area contributed by atoms with Crippen LogP contribution < -0.4 is 10.2 Å². The number of para-hydroxylation sites is 1. The van der Waals surface area contributed by atoms with Crippen LogP contribution in [0.3, 0.4) is 0 Å². The fourth-order valence-corrected chi connectivity index (χ4v) is 3.01. The Hall–Kier alpha value is -0.670. The third-order valence-corrected chi connectivity index (χ3v) is 4.08. The van der Waals surface area contributed by atoms with E-state index in [0.717, 1.165) is 13.1 Å². The summed E-state index contributed by atoms with van der Waals surface area (Å²) < 4.78 is 0. The number of nitrogens with one attached hydrogen (secondary N) is 1. The molecular formula is C14H22N2S. The smallest absolute Gasteiger partial charge is 0.0504 e. The summed E-state index contributed by atoms with van der Waals surface area (Å²) in [5, 5.41) is 3.62. The van der Waals surface area contributed by atoms with Crippen LogP contribution in [0.15, 0.2) is 29.2 Å². The molecule has 2 rings (SSSR count). The Morgan fingerprint density at radius 3 is 3.00 bits per heavy atom. The van der Waals surface area contributed by atoms with Gasteiger partial charge in [0.15, 0.2) is 0 Å². The van der Waals surface area contributed by atoms with Crippen LogP contribution in [0, 0.1) is 0 Å². The summed E-state index contributed by atoms with van der Waals surface area (Å²) in [6.07, 6.45) is 4.64. The van der Waals surface area contributed by atoms with Gasteiger partial charge in [-0.2, -0.15) is 0 Å². The summed E-state index contributed by atoms with van der Waals surface area (Å²) in [5.74, 6) is 0. The van der Waals surface area contributed by atoms with E-state index in [9.17, 15) is 0 Å². The van der Waals surface area contributed by atoms with E-state index >= 15 is 0 Å². The van der Waals surface area contributed by atoms with Crippen molar-refractivity contribution in [2.24, 2.45) is 0 Å². The fourth-order valence-electron chi connectivity index (χ4n) is 2.39. The molecule has 1 aromatic carbocycles. The molecule has 1 aliphatic rings. The monoisotopic (exact) mass is 250 g/mol. The SMILES string of the molecule is CCCNC1CCN(c2ccccc2SC)C1. The molecule has 2 nitrogen and oxygen atoms in total. The van der Waals surface area contributed by atoms with E-state index < -0.39 is 0 Å². The van der Waals surface area contributed by atoms with Crippen molar-refractivity contribution < 1.29 is 0 Å². The van der Waals surface area contributed by atoms with Crippen LogP contribution in [0.25, 0.3) is 0 Å². The zero-order valence-corrected chi connectivity index (χ0v) is 11.6. The highest BCUT2D eigenvalue weighted by atomic mass is 32.2. The molecule has 0 radical (unpaired) electrons. The largest absolute Gasteiger partial charge is 0.369 e. The molecular weight excluding hydrogens is 228 g/mol. The fraction of sp³-hybridized carbons (Fsp3) is 0.571. The lowest BCUT2D eigenvalue weighted by molar-refractivity contribution is 0.549. The van der Waals surface area contributed by atoms with Gasteiger partial charge in [0, 0.05) is 24.0 Å². The van der Waals surface area contributed by atoms with E-state index in [2.05, 4.69) is 47.7 Å². The molecule has 1 unspecified atom stereocenters. The van der Waals surface area contributed by atoms with Crippen LogP contribution in [0.1, 0.15) is 19.8 Å². The molecule has 0 bridgehead atoms. The molecule has 1 heterocycles. The van der Waals surface area contributed by atoms with Crippen molar-refractivity contribution in [2.75, 3.05) is 30.8 Å². The van der Waals surface area contributed by atoms with Gasteiger partial charge in [0.2, 0.25) is 0 Å². The molecule has 1 aliphatic heterocycles. The van der Waals surface area contributed by atoms with E-state index in [1.165, 1.54) is 30.0 Å². The van der Waals surface area contributed by atoms with Crippen molar-refractivity contribution in [3.05, 3.63) is 24.3 Å². The maximum Gasteiger partial charge on any atom is 0.0504 e. The summed E-state index contributed by atoms with van der Waals surface area (Å²) in [7, 11) is 0. The summed E-state index contributed by atoms with van der Waals surface area (Å²) in [6, 6.07) is 9.39. The molecule has 1 saturated heterocycles. The molecule has 0 aromatic heterocycles. The van der Waals surface area contributed by atoms with Crippen molar-refractivity contribution in [1.82, 2.24) is 5.32 Å². The quantitative estimate of drug-likeness (QED) is 0.809. The van der Waals surface area contributed by atoms with E-state index in [1.54, 1.807) is 0 Å². The lowest BCUT2D eigenvalue weighted by Gasteiger charge is -2.21. The molecule has 0 amide bonds. The number of anilines is 1. The van der Waals surface area contributed by atoms with Crippen molar-refractivity contribution in [3.63, 3.8) is 0 Å². The van der Waals surface area contributed by atoms with E-state index in [1.807, 2.05) is 11.8 Å². The van der Waals surface area contributed by atoms with Crippen molar-refractivity contribution >= 4 is 17.4 Å². The Bertz CT molecular complexity index is 354. The lowest BCUT2D eigenvalue weighted by Crippen LogP contribution is -2.33. The summed E-state index contributed by atoms with van der Waals surface area (Å²) in [4.78, 5) is 3.91. The van der Waals surface area contributed by atoms with Gasteiger partial charge in [-0.3, -0.25) is 0 Å². The highest BCUT2D eigenvalue weighted by Crippen LogP contribution is 2.30. The van der Waals surface area contributed by atoms with Gasteiger partial charge < -0.3 is 10.2 Å². The van der Waals surface area contributed by atoms with Gasteiger partial charge in [-0.1, -0.05) is 19.1 Å². The number of benzene rings is 1. The average molecular weight is 250 g/mol. The van der Waals surface area contributed by atoms with Gasteiger partial charge in [-0.25, -0.2) is 0 Å². The Kier molecular flexibility index (Phi) is 4.75. The summed E-state index contributed by atoms with van der Waals surface area (Å²) in [5.41, 5.74) is 1.40. The second-order valence-electron chi connectivity index (χ2n) is 4.56. The first kappa shape index (κ1) is 12.8. The Morgan fingerprint density at radius 1 is 1.41 bits per heavy atom. The van der Waals surface area contributed by atoms with Gasteiger partial charge in [-0.15, -0.1) is 11.8 Å². The van der Waals surface area contributed by atoms with Crippen molar-refractivity contribution in [3.8, 4) is 0 Å². The number of hydrogen-bond donors (Lipinski definition) is 1. The molecule has 0 spiro atoms. The van der Waals surface area contributed by atoms with Gasteiger partial charge >= 0.3 is 0 Å². The molecule has 3 heteroatoms. The Morgan fingerprint density at radius 2 is 2.24 bits per heavy atom. The van der Waals surface area contributed by atoms with Gasteiger partial charge in [-0.05, 0) is 37.8 Å². The number of rotatable bonds is 5. The maximum absolute atomic E-state index is 3.62. The van der Waals surface area contributed by atoms with Crippen LogP contribution in [0.5, 0.6) is 0 Å². The van der Waals surface area contributed by atoms with Gasteiger partial charge in [0.1, 0.15) is 0 Å². The lowest BCUT2D eigenvalue weighted by atomic mass is 10.2. The topological polar surface area (TPSA) is 15.3 Å². The molecule has 0 saturated carbocycles. The van der Waals surface area contributed by atoms with Gasteiger partial charge in [0.05, 0.1) is 5.69 Å². The zero-order valence-electron chi connectivity index (χ0n) is 10.8. The first-order chi connectivity index (χ1) is 8.35. The molecule has 1 fully saturated rings. The first-order valence-electron chi connectivity index (χ1n) is 6.46. The van der Waals surface area contributed by atoms with Crippen LogP contribution >= 0.6 is 11.8 Å². The van der Waals surface area contributed by atoms with Crippen LogP contribution in [-0.2, 0) is 0 Å². The highest BCUT2D eigenvalue weighted by molar-refractivity contribution is 7.98. The molecule has 94 valence electrons. The standard InChI is InChI=1S/C14H22N2S/c1-3-9-15-12-8-10-16(11-12)13-6-4-5-7-14(13)17-2/h4-7,12,15H,3,8-11H2,1-2H3. The predicted octanol–water partition coefficient (Wildman–Crippen LogP) is 2.99. The Balaban J connectivity index is 1.99.